The molecule has 1 unspecified atom stereocenters. The van der Waals surface area contributed by atoms with Crippen LogP contribution in [0.5, 0.6) is 0 Å². The standard InChI is InChI=1S/C5H10O4S/c1-5(2,3)9-4(6)10(7)8/h1-3H3,(H,7,8)/p-1. The summed E-state index contributed by atoms with van der Waals surface area (Å²) in [6, 6.07) is 0. The zero-order valence-corrected chi connectivity index (χ0v) is 6.86. The molecule has 0 heterocycles. The average Bonchev–Trinajstić information content (AvgIpc) is 1.60. The third-order valence-corrected chi connectivity index (χ3v) is 0.881. The molecule has 0 radical (unpaired) electrons. The van der Waals surface area contributed by atoms with Crippen LogP contribution in [0.4, 0.5) is 4.79 Å². The predicted molar refractivity (Wildman–Crippen MR) is 35.2 cm³/mol. The van der Waals surface area contributed by atoms with E-state index in [-0.39, 0.29) is 0 Å². The molecule has 0 spiro atoms. The van der Waals surface area contributed by atoms with Gasteiger partial charge in [0, 0.05) is 0 Å². The molecule has 0 N–H and O–H groups in total. The molecule has 60 valence electrons. The normalized spacial score (nSPS) is 14.4. The van der Waals surface area contributed by atoms with Crippen LogP contribution in [0, 0.1) is 0 Å². The lowest BCUT2D eigenvalue weighted by Gasteiger charge is -2.19. The van der Waals surface area contributed by atoms with Crippen molar-refractivity contribution in [3.05, 3.63) is 0 Å². The minimum absolute atomic E-state index is 0.739. The summed E-state index contributed by atoms with van der Waals surface area (Å²) in [6.07, 6.45) is 0. The van der Waals surface area contributed by atoms with Crippen LogP contribution in [0.3, 0.4) is 0 Å². The van der Waals surface area contributed by atoms with Crippen molar-refractivity contribution in [1.29, 1.82) is 0 Å². The Balaban J connectivity index is 3.93. The number of hydrogen-bond acceptors (Lipinski definition) is 4. The average molecular weight is 165 g/mol. The Hall–Kier alpha value is -0.420. The zero-order chi connectivity index (χ0) is 8.36. The molecule has 0 saturated heterocycles. The summed E-state index contributed by atoms with van der Waals surface area (Å²) in [5.74, 6) is 0. The molecule has 0 bridgehead atoms. The lowest BCUT2D eigenvalue weighted by Crippen LogP contribution is -2.25. The van der Waals surface area contributed by atoms with Crippen molar-refractivity contribution < 1.29 is 18.3 Å². The van der Waals surface area contributed by atoms with Crippen LogP contribution in [0.2, 0.25) is 0 Å². The van der Waals surface area contributed by atoms with E-state index < -0.39 is 22.0 Å². The van der Waals surface area contributed by atoms with Crippen LogP contribution in [0.25, 0.3) is 0 Å². The highest BCUT2D eigenvalue weighted by Gasteiger charge is 2.15. The van der Waals surface area contributed by atoms with Crippen molar-refractivity contribution >= 4 is 16.4 Å². The Bertz CT molecular complexity index is 158. The van der Waals surface area contributed by atoms with Crippen LogP contribution < -0.4 is 0 Å². The molecule has 0 aliphatic rings. The molecule has 4 nitrogen and oxygen atoms in total. The molecule has 0 aromatic heterocycles. The van der Waals surface area contributed by atoms with E-state index in [0.717, 1.165) is 0 Å². The van der Waals surface area contributed by atoms with E-state index in [1.165, 1.54) is 0 Å². The number of ether oxygens (including phenoxy) is 1. The van der Waals surface area contributed by atoms with Crippen LogP contribution in [0.1, 0.15) is 20.8 Å². The Kier molecular flexibility index (Phi) is 2.98. The molecule has 0 aliphatic carbocycles. The Morgan fingerprint density at radius 3 is 2.00 bits per heavy atom. The minimum Gasteiger partial charge on any atom is -0.764 e. The molecule has 0 rings (SSSR count). The first-order valence-electron chi connectivity index (χ1n) is 2.65. The Morgan fingerprint density at radius 2 is 1.90 bits per heavy atom. The molecule has 1 atom stereocenters. The molecule has 0 amide bonds. The van der Waals surface area contributed by atoms with E-state index in [2.05, 4.69) is 4.74 Å². The second-order valence-electron chi connectivity index (χ2n) is 2.70. The fraction of sp³-hybridized carbons (Fsp3) is 0.800. The lowest BCUT2D eigenvalue weighted by molar-refractivity contribution is 0.0714. The van der Waals surface area contributed by atoms with E-state index >= 15 is 0 Å². The molecular formula is C5H9O4S-. The first-order chi connectivity index (χ1) is 4.33. The topological polar surface area (TPSA) is 66.4 Å². The Labute approximate surface area is 61.9 Å². The third kappa shape index (κ3) is 4.46. The number of carbonyl (C=O) groups is 1. The summed E-state index contributed by atoms with van der Waals surface area (Å²) in [6.45, 7) is 4.78. The largest absolute Gasteiger partial charge is 0.764 e. The quantitative estimate of drug-likeness (QED) is 0.393. The van der Waals surface area contributed by atoms with Gasteiger partial charge >= 0.3 is 5.30 Å². The van der Waals surface area contributed by atoms with Gasteiger partial charge in [-0.2, -0.15) is 0 Å². The fourth-order valence-electron chi connectivity index (χ4n) is 0.284. The van der Waals surface area contributed by atoms with Crippen LogP contribution >= 0.6 is 0 Å². The minimum atomic E-state index is -2.77. The third-order valence-electron chi connectivity index (χ3n) is 0.526. The van der Waals surface area contributed by atoms with Gasteiger partial charge in [-0.05, 0) is 20.8 Å². The molecule has 0 fully saturated rings. The summed E-state index contributed by atoms with van der Waals surface area (Å²) in [5.41, 5.74) is -0.739. The van der Waals surface area contributed by atoms with Gasteiger partial charge in [0.1, 0.15) is 5.60 Å². The summed E-state index contributed by atoms with van der Waals surface area (Å²) in [7, 11) is 0. The van der Waals surface area contributed by atoms with E-state index in [1.807, 2.05) is 0 Å². The van der Waals surface area contributed by atoms with Gasteiger partial charge in [0.25, 0.3) is 0 Å². The summed E-state index contributed by atoms with van der Waals surface area (Å²) < 4.78 is 24.3. The van der Waals surface area contributed by atoms with E-state index in [1.54, 1.807) is 20.8 Å². The molecule has 0 saturated carbocycles. The van der Waals surface area contributed by atoms with Gasteiger partial charge in [-0.3, -0.25) is 4.21 Å². The second kappa shape index (κ2) is 3.12. The summed E-state index contributed by atoms with van der Waals surface area (Å²) in [4.78, 5) is 10.3. The molecular weight excluding hydrogens is 156 g/mol. The highest BCUT2D eigenvalue weighted by atomic mass is 32.2. The van der Waals surface area contributed by atoms with Gasteiger partial charge in [0.2, 0.25) is 0 Å². The zero-order valence-electron chi connectivity index (χ0n) is 6.04. The summed E-state index contributed by atoms with van der Waals surface area (Å²) >= 11 is -2.77. The monoisotopic (exact) mass is 165 g/mol. The van der Waals surface area contributed by atoms with Crippen molar-refractivity contribution in [3.63, 3.8) is 0 Å². The SMILES string of the molecule is CC(C)(C)OC(=O)S(=O)[O-]. The van der Waals surface area contributed by atoms with Gasteiger partial charge in [-0.1, -0.05) is 0 Å². The molecule has 0 aromatic carbocycles. The molecule has 10 heavy (non-hydrogen) atoms. The van der Waals surface area contributed by atoms with E-state index in [9.17, 15) is 13.6 Å². The predicted octanol–water partition coefficient (Wildman–Crippen LogP) is 0.801. The van der Waals surface area contributed by atoms with E-state index in [4.69, 9.17) is 0 Å². The fourth-order valence-corrected chi connectivity index (χ4v) is 0.602. The number of rotatable bonds is 0. The Morgan fingerprint density at radius 1 is 1.50 bits per heavy atom. The van der Waals surface area contributed by atoms with Gasteiger partial charge < -0.3 is 9.29 Å². The van der Waals surface area contributed by atoms with Crippen molar-refractivity contribution in [2.24, 2.45) is 0 Å². The highest BCUT2D eigenvalue weighted by molar-refractivity contribution is 7.94. The van der Waals surface area contributed by atoms with Crippen LogP contribution in [-0.2, 0) is 15.8 Å². The van der Waals surface area contributed by atoms with Gasteiger partial charge in [0.15, 0.2) is 0 Å². The molecule has 0 aromatic rings. The van der Waals surface area contributed by atoms with Gasteiger partial charge in [-0.15, -0.1) is 0 Å². The van der Waals surface area contributed by atoms with Gasteiger partial charge in [-0.25, -0.2) is 4.79 Å². The van der Waals surface area contributed by atoms with Crippen molar-refractivity contribution in [3.8, 4) is 0 Å². The van der Waals surface area contributed by atoms with Crippen molar-refractivity contribution in [1.82, 2.24) is 0 Å². The maximum Gasteiger partial charge on any atom is 0.384 e. The van der Waals surface area contributed by atoms with Crippen molar-refractivity contribution in [2.45, 2.75) is 26.4 Å². The maximum atomic E-state index is 10.3. The summed E-state index contributed by atoms with van der Waals surface area (Å²) in [5, 5.41) is -1.22. The van der Waals surface area contributed by atoms with Crippen molar-refractivity contribution in [2.75, 3.05) is 0 Å². The molecule has 0 aliphatic heterocycles. The highest BCUT2D eigenvalue weighted by Crippen LogP contribution is 2.07. The van der Waals surface area contributed by atoms with Gasteiger partial charge in [0.05, 0.1) is 11.1 Å². The smallest absolute Gasteiger partial charge is 0.384 e. The molecule has 5 heteroatoms. The van der Waals surface area contributed by atoms with E-state index in [0.29, 0.717) is 0 Å². The van der Waals surface area contributed by atoms with Crippen LogP contribution in [-0.4, -0.2) is 19.7 Å². The first kappa shape index (κ1) is 9.58. The van der Waals surface area contributed by atoms with Crippen LogP contribution in [0.15, 0.2) is 0 Å². The first-order valence-corrected chi connectivity index (χ1v) is 3.72. The second-order valence-corrected chi connectivity index (χ2v) is 3.50. The maximum absolute atomic E-state index is 10.3. The lowest BCUT2D eigenvalue weighted by atomic mass is 10.2. The number of hydrogen-bond donors (Lipinski definition) is 0. The number of carbonyl (C=O) groups excluding carboxylic acids is 1.